The number of phenols is 1. The van der Waals surface area contributed by atoms with Crippen LogP contribution in [-0.2, 0) is 21.4 Å². The average Bonchev–Trinajstić information content (AvgIpc) is 4.30. The first-order valence-corrected chi connectivity index (χ1v) is 29.3. The highest BCUT2D eigenvalue weighted by molar-refractivity contribution is 5.91. The average molecular weight is 1100 g/mol. The molecule has 5 N–H and O–H groups in total. The van der Waals surface area contributed by atoms with Gasteiger partial charge < -0.3 is 59.8 Å². The van der Waals surface area contributed by atoms with Crippen LogP contribution in [0.1, 0.15) is 102 Å². The molecule has 6 aliphatic rings. The van der Waals surface area contributed by atoms with Crippen molar-refractivity contribution in [2.45, 2.75) is 133 Å². The molecule has 6 fully saturated rings. The molecule has 6 aromatic rings. The fourth-order valence-electron chi connectivity index (χ4n) is 13.5. The minimum absolute atomic E-state index is 0.0810. The molecule has 6 atom stereocenters. The number of nitrogens with zero attached hydrogens (tertiary/aromatic N) is 11. The summed E-state index contributed by atoms with van der Waals surface area (Å²) < 4.78 is 20.9. The predicted molar refractivity (Wildman–Crippen MR) is 308 cm³/mol. The van der Waals surface area contributed by atoms with Gasteiger partial charge in [0.15, 0.2) is 17.4 Å². The largest absolute Gasteiger partial charge is 0.507 e. The van der Waals surface area contributed by atoms with Crippen molar-refractivity contribution in [3.63, 3.8) is 0 Å². The second-order valence-corrected chi connectivity index (χ2v) is 23.9. The SMILES string of the molecule is CC(C)[C@@H](C(=O)N1C[C@H](O)C[C@H]1C(=O)N[C@@H](C)c1ccc(-c2ccnn2C)cc1)c1cc(N2CCC(CN3CCC(OC4CC(Oc5cc(N6C7CCC6CN(c6cc(-c8ccccc8O)nnc6N)C7)ccn5)C4)CC3)CC2)no1. The molecule has 5 aliphatic heterocycles. The van der Waals surface area contributed by atoms with E-state index in [1.165, 1.54) is 4.90 Å². The minimum Gasteiger partial charge on any atom is -0.507 e. The van der Waals surface area contributed by atoms with Crippen LogP contribution in [0.25, 0.3) is 22.5 Å². The summed E-state index contributed by atoms with van der Waals surface area (Å²) in [4.78, 5) is 44.1. The first-order valence-electron chi connectivity index (χ1n) is 29.3. The summed E-state index contributed by atoms with van der Waals surface area (Å²) >= 11 is 0. The summed E-state index contributed by atoms with van der Waals surface area (Å²) in [6, 6.07) is 24.7. The zero-order chi connectivity index (χ0) is 55.9. The number of carbonyl (C=O) groups excluding carboxylic acids is 2. The number of pyridine rings is 1. The maximum absolute atomic E-state index is 14.4. The first kappa shape index (κ1) is 54.3. The monoisotopic (exact) mass is 1100 g/mol. The Morgan fingerprint density at radius 2 is 1.57 bits per heavy atom. The van der Waals surface area contributed by atoms with Crippen LogP contribution in [0, 0.1) is 11.8 Å². The Hall–Kier alpha value is -7.29. The van der Waals surface area contributed by atoms with E-state index in [9.17, 15) is 19.8 Å². The van der Waals surface area contributed by atoms with E-state index in [1.54, 1.807) is 18.3 Å². The van der Waals surface area contributed by atoms with Gasteiger partial charge in [-0.2, -0.15) is 5.10 Å². The normalized spacial score (nSPS) is 24.4. The van der Waals surface area contributed by atoms with Crippen molar-refractivity contribution in [3.8, 4) is 34.1 Å². The lowest BCUT2D eigenvalue weighted by molar-refractivity contribution is -0.141. The highest BCUT2D eigenvalue weighted by Crippen LogP contribution is 2.41. The Labute approximate surface area is 473 Å². The molecule has 2 amide bonds. The van der Waals surface area contributed by atoms with E-state index in [4.69, 9.17) is 19.7 Å². The molecular weight excluding hydrogens is 1030 g/mol. The fraction of sp³-hybridized carbons (Fsp3) is 0.525. The van der Waals surface area contributed by atoms with Crippen molar-refractivity contribution < 1.29 is 33.8 Å². The lowest BCUT2D eigenvalue weighted by atomic mass is 9.91. The number of likely N-dealkylation sites (tertiary alicyclic amines) is 2. The van der Waals surface area contributed by atoms with Crippen LogP contribution >= 0.6 is 0 Å². The molecule has 20 nitrogen and oxygen atoms in total. The van der Waals surface area contributed by atoms with Crippen molar-refractivity contribution in [1.82, 2.24) is 45.2 Å². The number of carbonyl (C=O) groups is 2. The van der Waals surface area contributed by atoms with E-state index in [0.717, 1.165) is 131 Å². The van der Waals surface area contributed by atoms with Gasteiger partial charge in [-0.15, -0.1) is 10.2 Å². The molecule has 4 aromatic heterocycles. The van der Waals surface area contributed by atoms with Gasteiger partial charge in [-0.1, -0.05) is 55.4 Å². The lowest BCUT2D eigenvalue weighted by Gasteiger charge is -2.43. The number of nitrogen functional groups attached to an aromatic ring is 1. The molecule has 5 saturated heterocycles. The summed E-state index contributed by atoms with van der Waals surface area (Å²) in [5.74, 6) is 1.70. The Balaban J connectivity index is 0.564. The Kier molecular flexibility index (Phi) is 15.6. The molecule has 20 heteroatoms. The van der Waals surface area contributed by atoms with Crippen molar-refractivity contribution in [2.24, 2.45) is 18.9 Å². The van der Waals surface area contributed by atoms with E-state index in [1.807, 2.05) is 93.3 Å². The number of nitrogens with two attached hydrogens (primary N) is 1. The number of para-hydroxylation sites is 1. The van der Waals surface area contributed by atoms with Gasteiger partial charge in [0, 0.05) is 127 Å². The topological polar surface area (TPSA) is 230 Å². The Morgan fingerprint density at radius 3 is 2.28 bits per heavy atom. The molecule has 12 rings (SSSR count). The number of benzene rings is 2. The van der Waals surface area contributed by atoms with Gasteiger partial charge in [0.2, 0.25) is 17.7 Å². The highest BCUT2D eigenvalue weighted by atomic mass is 16.5. The molecule has 1 saturated carbocycles. The van der Waals surface area contributed by atoms with Crippen LogP contribution in [0.3, 0.4) is 0 Å². The number of aliphatic hydroxyl groups is 1. The number of anilines is 4. The van der Waals surface area contributed by atoms with Gasteiger partial charge in [-0.25, -0.2) is 4.98 Å². The van der Waals surface area contributed by atoms with Crippen LogP contribution < -0.4 is 30.5 Å². The molecule has 1 aliphatic carbocycles. The maximum Gasteiger partial charge on any atom is 0.243 e. The molecule has 2 bridgehead atoms. The number of aromatic nitrogens is 6. The summed E-state index contributed by atoms with van der Waals surface area (Å²) in [7, 11) is 1.90. The van der Waals surface area contributed by atoms with Crippen LogP contribution in [0.2, 0.25) is 0 Å². The quantitative estimate of drug-likeness (QED) is 0.0723. The van der Waals surface area contributed by atoms with E-state index >= 15 is 0 Å². The second kappa shape index (κ2) is 23.3. The molecule has 0 radical (unpaired) electrons. The number of piperidine rings is 2. The van der Waals surface area contributed by atoms with E-state index in [2.05, 4.69) is 62.5 Å². The van der Waals surface area contributed by atoms with Gasteiger partial charge in [0.05, 0.1) is 41.4 Å². The number of aliphatic hydroxyl groups excluding tert-OH is 1. The van der Waals surface area contributed by atoms with E-state index in [0.29, 0.717) is 46.7 Å². The molecule has 9 heterocycles. The highest BCUT2D eigenvalue weighted by Gasteiger charge is 2.45. The number of β-amino-alcohol motifs (C(OH)–C–C–N with tert-alkyl or cyclic N) is 1. The number of phenolic OH excluding ortho intramolecular Hbond substituents is 1. The second-order valence-electron chi connectivity index (χ2n) is 23.9. The Bertz CT molecular complexity index is 3130. The van der Waals surface area contributed by atoms with E-state index < -0.39 is 18.1 Å². The molecule has 428 valence electrons. The van der Waals surface area contributed by atoms with Gasteiger partial charge in [0.25, 0.3) is 0 Å². The van der Waals surface area contributed by atoms with Crippen LogP contribution in [0.5, 0.6) is 11.6 Å². The predicted octanol–water partition coefficient (Wildman–Crippen LogP) is 6.96. The number of hydrogen-bond donors (Lipinski definition) is 4. The van der Waals surface area contributed by atoms with E-state index in [-0.39, 0.29) is 60.8 Å². The molecule has 0 spiro atoms. The number of hydrogen-bond acceptors (Lipinski definition) is 17. The summed E-state index contributed by atoms with van der Waals surface area (Å²) in [5, 5.41) is 41.7. The minimum atomic E-state index is -0.806. The van der Waals surface area contributed by atoms with Gasteiger partial charge in [-0.05, 0) is 98.7 Å². The first-order chi connectivity index (χ1) is 39.3. The molecular formula is C61H77N13O7. The van der Waals surface area contributed by atoms with Crippen LogP contribution in [0.4, 0.5) is 23.0 Å². The summed E-state index contributed by atoms with van der Waals surface area (Å²) in [6.07, 6.45) is 11.6. The van der Waals surface area contributed by atoms with Gasteiger partial charge in [-0.3, -0.25) is 14.3 Å². The number of piperazine rings is 1. The van der Waals surface area contributed by atoms with Gasteiger partial charge in [0.1, 0.15) is 23.8 Å². The number of nitrogens with one attached hydrogen (secondary N) is 1. The van der Waals surface area contributed by atoms with Crippen molar-refractivity contribution in [1.29, 1.82) is 0 Å². The van der Waals surface area contributed by atoms with Crippen molar-refractivity contribution in [3.05, 3.63) is 103 Å². The number of rotatable bonds is 17. The fourth-order valence-corrected chi connectivity index (χ4v) is 13.5. The zero-order valence-corrected chi connectivity index (χ0v) is 47.0. The maximum atomic E-state index is 14.4. The zero-order valence-electron chi connectivity index (χ0n) is 47.0. The molecule has 81 heavy (non-hydrogen) atoms. The Morgan fingerprint density at radius 1 is 0.815 bits per heavy atom. The van der Waals surface area contributed by atoms with Crippen molar-refractivity contribution in [2.75, 3.05) is 72.8 Å². The smallest absolute Gasteiger partial charge is 0.243 e. The number of ether oxygens (including phenoxy) is 2. The third-order valence-corrected chi connectivity index (χ3v) is 18.0. The van der Waals surface area contributed by atoms with Gasteiger partial charge >= 0.3 is 0 Å². The summed E-state index contributed by atoms with van der Waals surface area (Å²) in [6.45, 7) is 12.4. The van der Waals surface area contributed by atoms with Crippen molar-refractivity contribution >= 4 is 34.8 Å². The third kappa shape index (κ3) is 11.6. The number of aromatic hydroxyl groups is 1. The van der Waals surface area contributed by atoms with Crippen LogP contribution in [-0.4, -0.2) is 157 Å². The number of aryl methyl sites for hydroxylation is 1. The molecule has 2 aromatic carbocycles. The third-order valence-electron chi connectivity index (χ3n) is 18.0. The van der Waals surface area contributed by atoms with Crippen LogP contribution in [0.15, 0.2) is 95.8 Å². The standard InChI is InChI=1S/C61H77N13O7/c1-37(2)58(61(78)73-36-45(75)28-53(73)60(77)65-38(3)40-9-11-41(12-10-40)51-16-22-64-69(51)4)55-32-56(68-81-55)71-25-17-39(18-26-71)33-70-23-19-46(20-24-70)79-47-29-48(30-47)80-57-27-42(15-21-63-57)74-43-13-14-44(74)35-72(34-43)52-31-50(66-67-59(52)62)49-7-5-6-8-54(49)76/h5-12,15-16,21-22,27,31-32,37-39,43-48,53,58,75-76H,13-14,17-20,23-26,28-30,33-36H2,1-4H3,(H2,62,67)(H,65,77)/t38-,43?,44?,45+,47?,48?,53-,58+/m0/s1. The summed E-state index contributed by atoms with van der Waals surface area (Å²) in [5.41, 5.74) is 12.6. The lowest BCUT2D eigenvalue weighted by Crippen LogP contribution is -2.54. The number of fused-ring (bicyclic) bond motifs is 2. The molecule has 2 unspecified atom stereocenters. The number of amides is 2.